The van der Waals surface area contributed by atoms with Crippen LogP contribution < -0.4 is 15.6 Å². The zero-order chi connectivity index (χ0) is 21.0. The first-order valence-corrected chi connectivity index (χ1v) is 8.46. The molecule has 0 unspecified atom stereocenters. The van der Waals surface area contributed by atoms with Gasteiger partial charge in [0.05, 0.1) is 24.3 Å². The monoisotopic (exact) mass is 397 g/mol. The zero-order valence-electron chi connectivity index (χ0n) is 15.3. The Morgan fingerprint density at radius 2 is 2.00 bits per heavy atom. The number of hydrogen-bond acceptors (Lipinski definition) is 5. The molecule has 1 aromatic heterocycles. The lowest BCUT2D eigenvalue weighted by molar-refractivity contribution is -0.384. The lowest BCUT2D eigenvalue weighted by Crippen LogP contribution is -2.29. The van der Waals surface area contributed by atoms with Crippen LogP contribution in [0, 0.1) is 15.9 Å². The Labute approximate surface area is 164 Å². The zero-order valence-corrected chi connectivity index (χ0v) is 15.3. The number of benzene rings is 2. The predicted molar refractivity (Wildman–Crippen MR) is 104 cm³/mol. The second-order valence-electron chi connectivity index (χ2n) is 6.08. The predicted octanol–water partition coefficient (Wildman–Crippen LogP) is 3.20. The molecule has 0 bridgehead atoms. The second-order valence-corrected chi connectivity index (χ2v) is 6.08. The molecule has 0 fully saturated rings. The third kappa shape index (κ3) is 4.46. The van der Waals surface area contributed by atoms with Crippen molar-refractivity contribution in [3.8, 4) is 5.75 Å². The number of non-ortho nitro benzene ring substituents is 1. The van der Waals surface area contributed by atoms with E-state index in [1.165, 1.54) is 60.3 Å². The van der Waals surface area contributed by atoms with Gasteiger partial charge in [0.2, 0.25) is 0 Å². The van der Waals surface area contributed by atoms with Gasteiger partial charge in [0.25, 0.3) is 17.2 Å². The molecule has 3 rings (SSSR count). The highest BCUT2D eigenvalue weighted by Gasteiger charge is 2.17. The smallest absolute Gasteiger partial charge is 0.271 e. The van der Waals surface area contributed by atoms with Crippen molar-refractivity contribution in [2.45, 2.75) is 6.54 Å². The first-order valence-electron chi connectivity index (χ1n) is 8.46. The average molecular weight is 397 g/mol. The average Bonchev–Trinajstić information content (AvgIpc) is 2.69. The van der Waals surface area contributed by atoms with E-state index in [0.29, 0.717) is 5.56 Å². The van der Waals surface area contributed by atoms with Crippen LogP contribution >= 0.6 is 0 Å². The maximum atomic E-state index is 13.4. The van der Waals surface area contributed by atoms with E-state index in [-0.39, 0.29) is 29.2 Å². The first kappa shape index (κ1) is 19.7. The van der Waals surface area contributed by atoms with E-state index in [1.54, 1.807) is 6.07 Å². The topological polar surface area (TPSA) is 103 Å². The fourth-order valence-corrected chi connectivity index (χ4v) is 2.76. The van der Waals surface area contributed by atoms with Crippen molar-refractivity contribution < 1.29 is 18.8 Å². The molecule has 0 saturated carbocycles. The van der Waals surface area contributed by atoms with Gasteiger partial charge in [-0.15, -0.1) is 0 Å². The number of carbonyl (C=O) groups is 1. The summed E-state index contributed by atoms with van der Waals surface area (Å²) in [5, 5.41) is 13.4. The number of carbonyl (C=O) groups excluding carboxylic acids is 1. The summed E-state index contributed by atoms with van der Waals surface area (Å²) in [7, 11) is 1.35. The molecule has 9 heteroatoms. The quantitative estimate of drug-likeness (QED) is 0.508. The van der Waals surface area contributed by atoms with Crippen molar-refractivity contribution in [3.05, 3.63) is 98.2 Å². The van der Waals surface area contributed by atoms with Gasteiger partial charge in [-0.1, -0.05) is 12.1 Å². The molecule has 0 spiro atoms. The van der Waals surface area contributed by atoms with Crippen molar-refractivity contribution in [1.29, 1.82) is 0 Å². The van der Waals surface area contributed by atoms with Crippen LogP contribution in [0.2, 0.25) is 0 Å². The van der Waals surface area contributed by atoms with Gasteiger partial charge >= 0.3 is 0 Å². The van der Waals surface area contributed by atoms with Gasteiger partial charge in [0, 0.05) is 18.3 Å². The summed E-state index contributed by atoms with van der Waals surface area (Å²) < 4.78 is 19.7. The minimum atomic E-state index is -0.748. The highest BCUT2D eigenvalue weighted by atomic mass is 19.1. The van der Waals surface area contributed by atoms with Crippen LogP contribution in [0.3, 0.4) is 0 Å². The minimum absolute atomic E-state index is 0.0617. The number of nitrogens with one attached hydrogen (secondary N) is 1. The SMILES string of the molecule is COc1ccc([N+](=O)[O-])cc1NC(=O)c1cccn(Cc2cccc(F)c2)c1=O. The number of amides is 1. The van der Waals surface area contributed by atoms with Crippen LogP contribution in [0.4, 0.5) is 15.8 Å². The Morgan fingerprint density at radius 1 is 1.21 bits per heavy atom. The van der Waals surface area contributed by atoms with Crippen molar-refractivity contribution in [2.24, 2.45) is 0 Å². The Hall–Kier alpha value is -4.01. The van der Waals surface area contributed by atoms with Crippen LogP contribution in [-0.2, 0) is 6.54 Å². The molecular weight excluding hydrogens is 381 g/mol. The number of hydrogen-bond donors (Lipinski definition) is 1. The summed E-state index contributed by atoms with van der Waals surface area (Å²) in [4.78, 5) is 35.7. The van der Waals surface area contributed by atoms with Gasteiger partial charge in [-0.05, 0) is 35.9 Å². The molecule has 0 aliphatic carbocycles. The Kier molecular flexibility index (Phi) is 5.68. The maximum absolute atomic E-state index is 13.4. The normalized spacial score (nSPS) is 10.4. The number of anilines is 1. The van der Waals surface area contributed by atoms with Gasteiger partial charge in [-0.3, -0.25) is 19.7 Å². The number of rotatable bonds is 6. The molecule has 1 amide bonds. The largest absolute Gasteiger partial charge is 0.495 e. The van der Waals surface area contributed by atoms with Crippen LogP contribution in [-0.4, -0.2) is 22.5 Å². The number of nitro benzene ring substituents is 1. The first-order chi connectivity index (χ1) is 13.9. The third-order valence-corrected chi connectivity index (χ3v) is 4.15. The fraction of sp³-hybridized carbons (Fsp3) is 0.100. The number of nitro groups is 1. The van der Waals surface area contributed by atoms with Crippen LogP contribution in [0.1, 0.15) is 15.9 Å². The molecule has 1 N–H and O–H groups in total. The molecule has 0 atom stereocenters. The standard InChI is InChI=1S/C20H16FN3O5/c1-29-18-8-7-15(24(27)28)11-17(18)22-19(25)16-6-3-9-23(20(16)26)12-13-4-2-5-14(21)10-13/h2-11H,12H2,1H3,(H,22,25). The summed E-state index contributed by atoms with van der Waals surface area (Å²) in [6.07, 6.45) is 1.48. The number of nitrogens with zero attached hydrogens (tertiary/aromatic N) is 2. The van der Waals surface area contributed by atoms with E-state index in [2.05, 4.69) is 5.32 Å². The third-order valence-electron chi connectivity index (χ3n) is 4.15. The molecule has 0 saturated heterocycles. The summed E-state index contributed by atoms with van der Waals surface area (Å²) in [6.45, 7) is 0.0812. The molecule has 0 aliphatic heterocycles. The van der Waals surface area contributed by atoms with E-state index in [4.69, 9.17) is 4.74 Å². The molecule has 0 aliphatic rings. The van der Waals surface area contributed by atoms with Crippen molar-refractivity contribution in [1.82, 2.24) is 4.57 Å². The maximum Gasteiger partial charge on any atom is 0.271 e. The molecule has 1 heterocycles. The Morgan fingerprint density at radius 3 is 2.69 bits per heavy atom. The van der Waals surface area contributed by atoms with Crippen molar-refractivity contribution in [3.63, 3.8) is 0 Å². The van der Waals surface area contributed by atoms with Gasteiger partial charge < -0.3 is 14.6 Å². The Bertz CT molecular complexity index is 1140. The number of pyridine rings is 1. The van der Waals surface area contributed by atoms with Crippen LogP contribution in [0.15, 0.2) is 65.6 Å². The number of methoxy groups -OCH3 is 1. The van der Waals surface area contributed by atoms with Gasteiger partial charge in [-0.25, -0.2) is 4.39 Å². The van der Waals surface area contributed by atoms with Crippen LogP contribution in [0.25, 0.3) is 0 Å². The van der Waals surface area contributed by atoms with E-state index in [9.17, 15) is 24.1 Å². The summed E-state index contributed by atoms with van der Waals surface area (Å²) >= 11 is 0. The minimum Gasteiger partial charge on any atom is -0.495 e. The summed E-state index contributed by atoms with van der Waals surface area (Å²) in [5.41, 5.74) is -0.370. The van der Waals surface area contributed by atoms with E-state index in [1.807, 2.05) is 0 Å². The molecule has 3 aromatic rings. The number of halogens is 1. The van der Waals surface area contributed by atoms with Crippen molar-refractivity contribution in [2.75, 3.05) is 12.4 Å². The Balaban J connectivity index is 1.90. The van der Waals surface area contributed by atoms with Gasteiger partial charge in [0.15, 0.2) is 0 Å². The second kappa shape index (κ2) is 8.34. The van der Waals surface area contributed by atoms with E-state index in [0.717, 1.165) is 6.07 Å². The molecular formula is C20H16FN3O5. The lowest BCUT2D eigenvalue weighted by atomic mass is 10.2. The summed E-state index contributed by atoms with van der Waals surface area (Å²) in [5.74, 6) is -0.968. The van der Waals surface area contributed by atoms with E-state index < -0.39 is 22.2 Å². The molecule has 29 heavy (non-hydrogen) atoms. The number of ether oxygens (including phenoxy) is 1. The lowest BCUT2D eigenvalue weighted by Gasteiger charge is -2.11. The fourth-order valence-electron chi connectivity index (χ4n) is 2.76. The van der Waals surface area contributed by atoms with E-state index >= 15 is 0 Å². The van der Waals surface area contributed by atoms with Crippen LogP contribution in [0.5, 0.6) is 5.75 Å². The number of aromatic nitrogens is 1. The summed E-state index contributed by atoms with van der Waals surface area (Å²) in [6, 6.07) is 12.4. The molecule has 0 radical (unpaired) electrons. The van der Waals surface area contributed by atoms with Gasteiger partial charge in [0.1, 0.15) is 17.1 Å². The highest BCUT2D eigenvalue weighted by Crippen LogP contribution is 2.29. The highest BCUT2D eigenvalue weighted by molar-refractivity contribution is 6.05. The molecule has 148 valence electrons. The van der Waals surface area contributed by atoms with Gasteiger partial charge in [-0.2, -0.15) is 0 Å². The molecule has 8 nitrogen and oxygen atoms in total. The molecule has 2 aromatic carbocycles. The van der Waals surface area contributed by atoms with Crippen molar-refractivity contribution >= 4 is 17.3 Å².